The second kappa shape index (κ2) is 10.3. The van der Waals surface area contributed by atoms with Crippen molar-refractivity contribution < 1.29 is 14.3 Å². The highest BCUT2D eigenvalue weighted by Gasteiger charge is 2.27. The minimum Gasteiger partial charge on any atom is -0.484 e. The first-order chi connectivity index (χ1) is 13.3. The number of hydrogen-bond donors (Lipinski definition) is 1. The van der Waals surface area contributed by atoms with Crippen molar-refractivity contribution in [1.82, 2.24) is 10.2 Å². The number of carbonyl (C=O) groups is 2. The summed E-state index contributed by atoms with van der Waals surface area (Å²) in [6.07, 6.45) is 0. The van der Waals surface area contributed by atoms with Crippen molar-refractivity contribution in [3.8, 4) is 5.75 Å². The Labute approximate surface area is 175 Å². The number of hydrogen-bond acceptors (Lipinski definition) is 3. The van der Waals surface area contributed by atoms with E-state index in [2.05, 4.69) is 5.32 Å². The monoisotopic (exact) mass is 422 g/mol. The average molecular weight is 423 g/mol. The van der Waals surface area contributed by atoms with Crippen LogP contribution < -0.4 is 10.1 Å². The van der Waals surface area contributed by atoms with Crippen molar-refractivity contribution in [2.24, 2.45) is 0 Å². The van der Waals surface area contributed by atoms with E-state index in [1.54, 1.807) is 37.3 Å². The van der Waals surface area contributed by atoms with Crippen LogP contribution in [0.2, 0.25) is 10.0 Å². The fourth-order valence-corrected chi connectivity index (χ4v) is 3.03. The highest BCUT2D eigenvalue weighted by atomic mass is 35.5. The van der Waals surface area contributed by atoms with E-state index in [1.165, 1.54) is 4.90 Å². The van der Waals surface area contributed by atoms with Gasteiger partial charge in [0.1, 0.15) is 11.8 Å². The average Bonchev–Trinajstić information content (AvgIpc) is 2.65. The molecule has 0 radical (unpaired) electrons. The van der Waals surface area contributed by atoms with Gasteiger partial charge in [0, 0.05) is 22.6 Å². The highest BCUT2D eigenvalue weighted by Crippen LogP contribution is 2.23. The number of carbonyl (C=O) groups excluding carboxylic acids is 2. The molecule has 5 nitrogen and oxygen atoms in total. The number of amides is 2. The lowest BCUT2D eigenvalue weighted by molar-refractivity contribution is -0.142. The van der Waals surface area contributed by atoms with Gasteiger partial charge in [-0.1, -0.05) is 47.5 Å². The van der Waals surface area contributed by atoms with Gasteiger partial charge in [-0.25, -0.2) is 0 Å². The van der Waals surface area contributed by atoms with Gasteiger partial charge in [0.2, 0.25) is 5.91 Å². The molecule has 0 aliphatic rings. The lowest BCUT2D eigenvalue weighted by Crippen LogP contribution is -2.50. The summed E-state index contributed by atoms with van der Waals surface area (Å²) in [6, 6.07) is 13.4. The molecule has 0 aliphatic carbocycles. The molecule has 1 N–H and O–H groups in total. The van der Waals surface area contributed by atoms with E-state index in [0.717, 1.165) is 0 Å². The van der Waals surface area contributed by atoms with E-state index in [4.69, 9.17) is 27.9 Å². The number of rotatable bonds is 8. The van der Waals surface area contributed by atoms with Gasteiger partial charge in [-0.2, -0.15) is 0 Å². The second-order valence-corrected chi connectivity index (χ2v) is 7.54. The lowest BCUT2D eigenvalue weighted by Gasteiger charge is -2.29. The van der Waals surface area contributed by atoms with Gasteiger partial charge in [-0.3, -0.25) is 9.59 Å². The summed E-state index contributed by atoms with van der Waals surface area (Å²) in [7, 11) is 0. The maximum atomic E-state index is 12.9. The zero-order valence-corrected chi connectivity index (χ0v) is 17.6. The van der Waals surface area contributed by atoms with Gasteiger partial charge >= 0.3 is 0 Å². The molecule has 0 aromatic heterocycles. The van der Waals surface area contributed by atoms with E-state index < -0.39 is 6.04 Å². The van der Waals surface area contributed by atoms with Gasteiger partial charge in [0.05, 0.1) is 0 Å². The smallest absolute Gasteiger partial charge is 0.261 e. The summed E-state index contributed by atoms with van der Waals surface area (Å²) < 4.78 is 5.57. The van der Waals surface area contributed by atoms with Crippen LogP contribution in [0, 0.1) is 0 Å². The number of para-hydroxylation sites is 1. The van der Waals surface area contributed by atoms with Crippen LogP contribution in [-0.2, 0) is 16.1 Å². The zero-order chi connectivity index (χ0) is 20.7. The van der Waals surface area contributed by atoms with E-state index >= 15 is 0 Å². The van der Waals surface area contributed by atoms with E-state index in [1.807, 2.05) is 32.0 Å². The van der Waals surface area contributed by atoms with Gasteiger partial charge in [0.15, 0.2) is 6.61 Å². The minimum atomic E-state index is -0.694. The quantitative estimate of drug-likeness (QED) is 0.688. The normalized spacial score (nSPS) is 11.8. The number of halogens is 2. The molecule has 1 unspecified atom stereocenters. The van der Waals surface area contributed by atoms with Crippen LogP contribution in [0.5, 0.6) is 5.75 Å². The molecule has 1 atom stereocenters. The molecule has 0 spiro atoms. The Morgan fingerprint density at radius 2 is 1.75 bits per heavy atom. The summed E-state index contributed by atoms with van der Waals surface area (Å²) >= 11 is 12.2. The summed E-state index contributed by atoms with van der Waals surface area (Å²) in [4.78, 5) is 26.8. The van der Waals surface area contributed by atoms with E-state index in [-0.39, 0.29) is 31.0 Å². The standard InChI is InChI=1S/C21H24Cl2N2O3/c1-14(2)24-21(27)15(3)25(12-16-9-10-17(22)11-19(16)23)20(26)13-28-18-7-5-4-6-8-18/h4-11,14-15H,12-13H2,1-3H3,(H,24,27). The molecule has 0 bridgehead atoms. The van der Waals surface area contributed by atoms with Crippen molar-refractivity contribution in [1.29, 1.82) is 0 Å². The molecular formula is C21H24Cl2N2O3. The van der Waals surface area contributed by atoms with Crippen molar-refractivity contribution >= 4 is 35.0 Å². The first kappa shape index (κ1) is 22.1. The Morgan fingerprint density at radius 3 is 2.36 bits per heavy atom. The third-order valence-corrected chi connectivity index (χ3v) is 4.65. The molecule has 2 rings (SSSR count). The van der Waals surface area contributed by atoms with Crippen molar-refractivity contribution in [3.05, 3.63) is 64.1 Å². The first-order valence-corrected chi connectivity index (χ1v) is 9.75. The molecule has 0 saturated heterocycles. The molecule has 150 valence electrons. The highest BCUT2D eigenvalue weighted by molar-refractivity contribution is 6.35. The van der Waals surface area contributed by atoms with Crippen LogP contribution in [0.25, 0.3) is 0 Å². The van der Waals surface area contributed by atoms with Gasteiger partial charge in [-0.15, -0.1) is 0 Å². The van der Waals surface area contributed by atoms with Crippen LogP contribution in [0.1, 0.15) is 26.3 Å². The maximum Gasteiger partial charge on any atom is 0.261 e. The molecule has 0 aliphatic heterocycles. The Hall–Kier alpha value is -2.24. The van der Waals surface area contributed by atoms with E-state index in [9.17, 15) is 9.59 Å². The van der Waals surface area contributed by atoms with Gasteiger partial charge in [-0.05, 0) is 50.6 Å². The van der Waals surface area contributed by atoms with Gasteiger partial charge < -0.3 is 15.0 Å². The number of benzene rings is 2. The first-order valence-electron chi connectivity index (χ1n) is 8.99. The molecule has 2 amide bonds. The van der Waals surface area contributed by atoms with Crippen LogP contribution in [0.4, 0.5) is 0 Å². The molecule has 2 aromatic rings. The third-order valence-electron chi connectivity index (χ3n) is 4.06. The van der Waals surface area contributed by atoms with Crippen LogP contribution in [-0.4, -0.2) is 35.4 Å². The number of nitrogens with one attached hydrogen (secondary N) is 1. The number of nitrogens with zero attached hydrogens (tertiary/aromatic N) is 1. The fraction of sp³-hybridized carbons (Fsp3) is 0.333. The molecular weight excluding hydrogens is 399 g/mol. The third kappa shape index (κ3) is 6.43. The van der Waals surface area contributed by atoms with Crippen molar-refractivity contribution in [3.63, 3.8) is 0 Å². The molecule has 0 saturated carbocycles. The number of ether oxygens (including phenoxy) is 1. The summed E-state index contributed by atoms with van der Waals surface area (Å²) in [5.74, 6) is 0.0223. The van der Waals surface area contributed by atoms with Crippen LogP contribution in [0.3, 0.4) is 0 Å². The molecule has 7 heteroatoms. The Kier molecular flexibility index (Phi) is 8.15. The fourth-order valence-electron chi connectivity index (χ4n) is 2.57. The predicted molar refractivity (Wildman–Crippen MR) is 112 cm³/mol. The van der Waals surface area contributed by atoms with Crippen molar-refractivity contribution in [2.45, 2.75) is 39.4 Å². The second-order valence-electron chi connectivity index (χ2n) is 6.70. The maximum absolute atomic E-state index is 12.9. The largest absolute Gasteiger partial charge is 0.484 e. The molecule has 0 fully saturated rings. The van der Waals surface area contributed by atoms with Crippen LogP contribution in [0.15, 0.2) is 48.5 Å². The Bertz CT molecular complexity index is 813. The van der Waals surface area contributed by atoms with Crippen molar-refractivity contribution in [2.75, 3.05) is 6.61 Å². The molecule has 28 heavy (non-hydrogen) atoms. The Morgan fingerprint density at radius 1 is 1.07 bits per heavy atom. The van der Waals surface area contributed by atoms with Crippen LogP contribution >= 0.6 is 23.2 Å². The summed E-state index contributed by atoms with van der Waals surface area (Å²) in [5.41, 5.74) is 0.698. The minimum absolute atomic E-state index is 0.0356. The predicted octanol–water partition coefficient (Wildman–Crippen LogP) is 4.31. The van der Waals surface area contributed by atoms with E-state index in [0.29, 0.717) is 21.4 Å². The molecule has 2 aromatic carbocycles. The summed E-state index contributed by atoms with van der Waals surface area (Å²) in [6.45, 7) is 5.40. The SMILES string of the molecule is CC(C)NC(=O)C(C)N(Cc1ccc(Cl)cc1Cl)C(=O)COc1ccccc1. The zero-order valence-electron chi connectivity index (χ0n) is 16.1. The summed E-state index contributed by atoms with van der Waals surface area (Å²) in [5, 5.41) is 3.77. The van der Waals surface area contributed by atoms with Gasteiger partial charge in [0.25, 0.3) is 5.91 Å². The topological polar surface area (TPSA) is 58.6 Å². The Balaban J connectivity index is 2.18. The lowest BCUT2D eigenvalue weighted by atomic mass is 10.1. The molecule has 0 heterocycles.